The van der Waals surface area contributed by atoms with E-state index in [1.807, 2.05) is 11.4 Å². The second-order valence-corrected chi connectivity index (χ2v) is 11.8. The quantitative estimate of drug-likeness (QED) is 0.251. The highest BCUT2D eigenvalue weighted by Gasteiger charge is 2.36. The Kier molecular flexibility index (Phi) is 10.8. The number of hydrogen-bond acceptors (Lipinski definition) is 8. The van der Waals surface area contributed by atoms with Crippen LogP contribution in [0.3, 0.4) is 0 Å². The van der Waals surface area contributed by atoms with Crippen molar-refractivity contribution in [1.82, 2.24) is 15.6 Å². The van der Waals surface area contributed by atoms with Gasteiger partial charge in [0, 0.05) is 13.1 Å². The number of hydrogen-bond donors (Lipinski definition) is 3. The smallest absolute Gasteiger partial charge is 0.367 e. The standard InChI is InChI=1S/C30H30F3N5O6S/c31-30(32,33)26-14-24(23-9-7-22(8-10-23)17-44-18-28(39)36-19-45(41,42)43)15-27(37-26)38-13-1-2-25(38)29(40)35-12-11-20-3-5-21(16-34)6-4-20/h3-10,14-15,25H,1-2,11-13,17-19H2,(H,35,40)(H,36,39)(H,41,42,43). The molecule has 1 unspecified atom stereocenters. The van der Waals surface area contributed by atoms with Crippen LogP contribution in [0.5, 0.6) is 0 Å². The average molecular weight is 646 g/mol. The number of aromatic nitrogens is 1. The molecule has 2 heterocycles. The molecule has 0 saturated carbocycles. The zero-order chi connectivity index (χ0) is 32.6. The third kappa shape index (κ3) is 9.73. The molecule has 1 atom stereocenters. The number of rotatable bonds is 12. The van der Waals surface area contributed by atoms with E-state index in [1.165, 1.54) is 6.07 Å². The molecular formula is C30H30F3N5O6S. The molecule has 1 aliphatic heterocycles. The van der Waals surface area contributed by atoms with Crippen molar-refractivity contribution in [1.29, 1.82) is 5.26 Å². The minimum atomic E-state index is -4.73. The molecular weight excluding hydrogens is 615 g/mol. The van der Waals surface area contributed by atoms with E-state index in [0.29, 0.717) is 49.0 Å². The maximum absolute atomic E-state index is 13.9. The van der Waals surface area contributed by atoms with Gasteiger partial charge in [-0.05, 0) is 65.8 Å². The summed E-state index contributed by atoms with van der Waals surface area (Å²) in [6.07, 6.45) is -3.15. The van der Waals surface area contributed by atoms with Crippen molar-refractivity contribution in [3.05, 3.63) is 83.0 Å². The summed E-state index contributed by atoms with van der Waals surface area (Å²) in [6, 6.07) is 17.2. The SMILES string of the molecule is N#Cc1ccc(CCNC(=O)C2CCCN2c2cc(-c3ccc(COCC(=O)NCS(=O)(=O)O)cc3)cc(C(F)(F)F)n2)cc1. The van der Waals surface area contributed by atoms with Crippen LogP contribution in [0.15, 0.2) is 60.7 Å². The Hall–Kier alpha value is -4.52. The molecule has 0 radical (unpaired) electrons. The third-order valence-electron chi connectivity index (χ3n) is 6.99. The van der Waals surface area contributed by atoms with Gasteiger partial charge in [0.25, 0.3) is 10.1 Å². The molecule has 0 bridgehead atoms. The summed E-state index contributed by atoms with van der Waals surface area (Å²) in [7, 11) is -4.36. The first kappa shape index (κ1) is 33.4. The van der Waals surface area contributed by atoms with E-state index in [2.05, 4.69) is 10.3 Å². The molecule has 1 aliphatic rings. The lowest BCUT2D eigenvalue weighted by Gasteiger charge is -2.26. The van der Waals surface area contributed by atoms with Crippen LogP contribution in [-0.2, 0) is 43.6 Å². The van der Waals surface area contributed by atoms with Crippen molar-refractivity contribution < 1.29 is 40.5 Å². The number of ether oxygens (including phenoxy) is 1. The van der Waals surface area contributed by atoms with E-state index >= 15 is 0 Å². The van der Waals surface area contributed by atoms with Gasteiger partial charge in [0.1, 0.15) is 30.0 Å². The first-order chi connectivity index (χ1) is 21.3. The fraction of sp³-hybridized carbons (Fsp3) is 0.333. The molecule has 0 spiro atoms. The molecule has 4 rings (SSSR count). The van der Waals surface area contributed by atoms with Crippen molar-refractivity contribution in [2.75, 3.05) is 30.5 Å². The predicted molar refractivity (Wildman–Crippen MR) is 157 cm³/mol. The molecule has 45 heavy (non-hydrogen) atoms. The molecule has 0 aliphatic carbocycles. The van der Waals surface area contributed by atoms with Gasteiger partial charge < -0.3 is 20.3 Å². The van der Waals surface area contributed by atoms with Gasteiger partial charge in [0.05, 0.1) is 18.2 Å². The van der Waals surface area contributed by atoms with Crippen molar-refractivity contribution >= 4 is 27.8 Å². The summed E-state index contributed by atoms with van der Waals surface area (Å²) in [5.41, 5.74) is 1.67. The lowest BCUT2D eigenvalue weighted by molar-refractivity contribution is -0.141. The Morgan fingerprint density at radius 3 is 2.38 bits per heavy atom. The number of carbonyl (C=O) groups is 2. The largest absolute Gasteiger partial charge is 0.433 e. The van der Waals surface area contributed by atoms with Gasteiger partial charge in [-0.3, -0.25) is 14.1 Å². The lowest BCUT2D eigenvalue weighted by Crippen LogP contribution is -2.44. The van der Waals surface area contributed by atoms with Gasteiger partial charge in [-0.1, -0.05) is 36.4 Å². The average Bonchev–Trinajstić information content (AvgIpc) is 3.50. The Balaban J connectivity index is 1.43. The molecule has 2 amide bonds. The fourth-order valence-corrected chi connectivity index (χ4v) is 5.10. The van der Waals surface area contributed by atoms with Crippen LogP contribution in [0, 0.1) is 11.3 Å². The number of benzene rings is 2. The minimum Gasteiger partial charge on any atom is -0.367 e. The summed E-state index contributed by atoms with van der Waals surface area (Å²) in [4.78, 5) is 30.2. The molecule has 3 N–H and O–H groups in total. The number of amides is 2. The second-order valence-electron chi connectivity index (χ2n) is 10.3. The number of alkyl halides is 3. The van der Waals surface area contributed by atoms with E-state index < -0.39 is 46.4 Å². The first-order valence-electron chi connectivity index (χ1n) is 13.8. The minimum absolute atomic E-state index is 0.0351. The maximum Gasteiger partial charge on any atom is 0.433 e. The zero-order valence-electron chi connectivity index (χ0n) is 23.9. The van der Waals surface area contributed by atoms with Crippen LogP contribution >= 0.6 is 0 Å². The molecule has 1 saturated heterocycles. The highest BCUT2D eigenvalue weighted by Crippen LogP contribution is 2.35. The van der Waals surface area contributed by atoms with Crippen molar-refractivity contribution in [3.8, 4) is 17.2 Å². The summed E-state index contributed by atoms with van der Waals surface area (Å²) >= 11 is 0. The van der Waals surface area contributed by atoms with E-state index in [9.17, 15) is 31.2 Å². The van der Waals surface area contributed by atoms with Gasteiger partial charge in [-0.2, -0.15) is 26.9 Å². The Labute approximate surface area is 257 Å². The number of nitriles is 1. The Bertz CT molecular complexity index is 1660. The fourth-order valence-electron chi connectivity index (χ4n) is 4.76. The maximum atomic E-state index is 13.9. The molecule has 2 aromatic carbocycles. The van der Waals surface area contributed by atoms with Crippen LogP contribution in [0.2, 0.25) is 0 Å². The van der Waals surface area contributed by atoms with Gasteiger partial charge in [0.15, 0.2) is 0 Å². The Morgan fingerprint density at radius 1 is 1.04 bits per heavy atom. The van der Waals surface area contributed by atoms with E-state index in [1.54, 1.807) is 53.4 Å². The van der Waals surface area contributed by atoms with Crippen LogP contribution in [-0.4, -0.2) is 61.4 Å². The van der Waals surface area contributed by atoms with Gasteiger partial charge in [-0.25, -0.2) is 4.98 Å². The number of nitrogens with one attached hydrogen (secondary N) is 2. The first-order valence-corrected chi connectivity index (χ1v) is 15.4. The van der Waals surface area contributed by atoms with Crippen molar-refractivity contribution in [2.45, 2.75) is 38.1 Å². The van der Waals surface area contributed by atoms with E-state index in [0.717, 1.165) is 11.6 Å². The van der Waals surface area contributed by atoms with Gasteiger partial charge in [0.2, 0.25) is 11.8 Å². The predicted octanol–water partition coefficient (Wildman–Crippen LogP) is 3.44. The van der Waals surface area contributed by atoms with Crippen LogP contribution in [0.4, 0.5) is 19.0 Å². The topological polar surface area (TPSA) is 162 Å². The van der Waals surface area contributed by atoms with E-state index in [-0.39, 0.29) is 23.9 Å². The Morgan fingerprint density at radius 2 is 1.73 bits per heavy atom. The van der Waals surface area contributed by atoms with Gasteiger partial charge >= 0.3 is 6.18 Å². The highest BCUT2D eigenvalue weighted by molar-refractivity contribution is 7.85. The summed E-state index contributed by atoms with van der Waals surface area (Å²) in [5.74, 6) is -1.97. The van der Waals surface area contributed by atoms with Crippen LogP contribution in [0.1, 0.15) is 35.2 Å². The number of anilines is 1. The molecule has 3 aromatic rings. The number of carbonyl (C=O) groups excluding carboxylic acids is 2. The summed E-state index contributed by atoms with van der Waals surface area (Å²) < 4.78 is 77.0. The molecule has 1 fully saturated rings. The second kappa shape index (κ2) is 14.5. The highest BCUT2D eigenvalue weighted by atomic mass is 32.2. The van der Waals surface area contributed by atoms with Crippen LogP contribution in [0.25, 0.3) is 11.1 Å². The molecule has 15 heteroatoms. The van der Waals surface area contributed by atoms with Gasteiger partial charge in [-0.15, -0.1) is 0 Å². The zero-order valence-corrected chi connectivity index (χ0v) is 24.7. The van der Waals surface area contributed by atoms with Crippen molar-refractivity contribution in [2.24, 2.45) is 0 Å². The third-order valence-corrected chi connectivity index (χ3v) is 7.50. The van der Waals surface area contributed by atoms with Crippen molar-refractivity contribution in [3.63, 3.8) is 0 Å². The number of pyridine rings is 1. The summed E-state index contributed by atoms with van der Waals surface area (Å²) in [5, 5.41) is 13.8. The van der Waals surface area contributed by atoms with Crippen LogP contribution < -0.4 is 15.5 Å². The number of halogens is 3. The van der Waals surface area contributed by atoms with E-state index in [4.69, 9.17) is 14.6 Å². The monoisotopic (exact) mass is 645 g/mol. The molecule has 238 valence electrons. The molecule has 1 aromatic heterocycles. The summed E-state index contributed by atoms with van der Waals surface area (Å²) in [6.45, 7) is 0.169. The lowest BCUT2D eigenvalue weighted by atomic mass is 10.0. The normalized spacial score (nSPS) is 15.0. The number of nitrogens with zero attached hydrogens (tertiary/aromatic N) is 3. The molecule has 11 nitrogen and oxygen atoms in total.